The molecule has 0 saturated heterocycles. The number of hydrogen-bond acceptors (Lipinski definition) is 0. The Balaban J connectivity index is 2.45. The van der Waals surface area contributed by atoms with Crippen molar-refractivity contribution >= 4 is 0 Å². The molecule has 1 rings (SSSR count). The van der Waals surface area contributed by atoms with E-state index in [1.54, 1.807) is 0 Å². The van der Waals surface area contributed by atoms with E-state index in [0.717, 1.165) is 5.92 Å². The highest BCUT2D eigenvalue weighted by molar-refractivity contribution is 5.15. The Labute approximate surface area is 87.7 Å². The maximum atomic E-state index is 2.32. The van der Waals surface area contributed by atoms with Gasteiger partial charge in [0.2, 0.25) is 0 Å². The van der Waals surface area contributed by atoms with Crippen molar-refractivity contribution < 1.29 is 0 Å². The molecular weight excluding hydrogens is 168 g/mol. The van der Waals surface area contributed by atoms with Crippen LogP contribution in [0, 0.1) is 5.92 Å². The summed E-state index contributed by atoms with van der Waals surface area (Å²) in [6.07, 6.45) is 4.61. The lowest BCUT2D eigenvalue weighted by Crippen LogP contribution is -2.00. The van der Waals surface area contributed by atoms with Crippen molar-refractivity contribution in [2.45, 2.75) is 33.6 Å². The molecule has 0 aliphatic rings. The Bertz CT molecular complexity index is 282. The monoisotopic (exact) mass is 188 g/mol. The van der Waals surface area contributed by atoms with Gasteiger partial charge in [0.1, 0.15) is 0 Å². The van der Waals surface area contributed by atoms with Crippen molar-refractivity contribution in [3.05, 3.63) is 47.5 Å². The molecular formula is C14H20. The molecule has 0 saturated carbocycles. The lowest BCUT2D eigenvalue weighted by atomic mass is 9.95. The molecule has 1 aromatic rings. The van der Waals surface area contributed by atoms with Crippen LogP contribution in [0.2, 0.25) is 0 Å². The molecule has 0 spiro atoms. The Morgan fingerprint density at radius 1 is 1.29 bits per heavy atom. The summed E-state index contributed by atoms with van der Waals surface area (Å²) in [4.78, 5) is 0. The summed E-state index contributed by atoms with van der Waals surface area (Å²) < 4.78 is 0. The Morgan fingerprint density at radius 3 is 2.50 bits per heavy atom. The first-order valence-electron chi connectivity index (χ1n) is 5.38. The maximum absolute atomic E-state index is 2.32. The van der Waals surface area contributed by atoms with Crippen LogP contribution in [-0.2, 0) is 6.42 Å². The summed E-state index contributed by atoms with van der Waals surface area (Å²) in [7, 11) is 0. The summed E-state index contributed by atoms with van der Waals surface area (Å²) in [6.45, 7) is 6.64. The molecule has 1 atom stereocenters. The van der Waals surface area contributed by atoms with Crippen molar-refractivity contribution in [2.24, 2.45) is 5.92 Å². The van der Waals surface area contributed by atoms with Crippen LogP contribution in [0.4, 0.5) is 0 Å². The van der Waals surface area contributed by atoms with E-state index in [0.29, 0.717) is 0 Å². The van der Waals surface area contributed by atoms with Gasteiger partial charge in [0.05, 0.1) is 0 Å². The smallest absolute Gasteiger partial charge is 0.0250 e. The van der Waals surface area contributed by atoms with Gasteiger partial charge in [-0.2, -0.15) is 0 Å². The number of allylic oxidation sites excluding steroid dienone is 2. The largest absolute Gasteiger partial charge is 0.0887 e. The van der Waals surface area contributed by atoms with E-state index in [4.69, 9.17) is 0 Å². The van der Waals surface area contributed by atoms with Gasteiger partial charge in [0.25, 0.3) is 0 Å². The highest BCUT2D eigenvalue weighted by atomic mass is 14.1. The van der Waals surface area contributed by atoms with E-state index in [2.05, 4.69) is 57.2 Å². The van der Waals surface area contributed by atoms with Crippen LogP contribution < -0.4 is 0 Å². The van der Waals surface area contributed by atoms with E-state index in [1.165, 1.54) is 24.0 Å². The zero-order chi connectivity index (χ0) is 10.4. The minimum atomic E-state index is 0.744. The van der Waals surface area contributed by atoms with Crippen LogP contribution in [-0.4, -0.2) is 0 Å². The second-order valence-corrected chi connectivity index (χ2v) is 4.13. The van der Waals surface area contributed by atoms with Gasteiger partial charge in [-0.05, 0) is 38.2 Å². The van der Waals surface area contributed by atoms with Crippen molar-refractivity contribution in [1.29, 1.82) is 0 Å². The third-order valence-corrected chi connectivity index (χ3v) is 2.59. The minimum absolute atomic E-state index is 0.744. The van der Waals surface area contributed by atoms with Gasteiger partial charge in [-0.15, -0.1) is 0 Å². The second kappa shape index (κ2) is 5.64. The van der Waals surface area contributed by atoms with E-state index in [1.807, 2.05) is 0 Å². The van der Waals surface area contributed by atoms with Gasteiger partial charge < -0.3 is 0 Å². The summed E-state index contributed by atoms with van der Waals surface area (Å²) >= 11 is 0. The van der Waals surface area contributed by atoms with Crippen LogP contribution in [0.5, 0.6) is 0 Å². The molecule has 0 radical (unpaired) electrons. The fraction of sp³-hybridized carbons (Fsp3) is 0.429. The predicted molar refractivity (Wildman–Crippen MR) is 63.4 cm³/mol. The molecule has 0 aliphatic heterocycles. The molecule has 76 valence electrons. The molecule has 0 unspecified atom stereocenters. The zero-order valence-corrected chi connectivity index (χ0v) is 9.46. The molecule has 0 bridgehead atoms. The first-order chi connectivity index (χ1) is 6.72. The van der Waals surface area contributed by atoms with Crippen LogP contribution in [0.3, 0.4) is 0 Å². The molecule has 14 heavy (non-hydrogen) atoms. The SMILES string of the molecule is C/C=C(/C)C[C@H](C)Cc1ccccc1. The Kier molecular flexibility index (Phi) is 4.45. The highest BCUT2D eigenvalue weighted by Crippen LogP contribution is 2.15. The third-order valence-electron chi connectivity index (χ3n) is 2.59. The van der Waals surface area contributed by atoms with Crippen molar-refractivity contribution in [2.75, 3.05) is 0 Å². The van der Waals surface area contributed by atoms with Gasteiger partial charge in [0, 0.05) is 0 Å². The zero-order valence-electron chi connectivity index (χ0n) is 9.46. The first kappa shape index (κ1) is 11.0. The van der Waals surface area contributed by atoms with Gasteiger partial charge in [-0.3, -0.25) is 0 Å². The van der Waals surface area contributed by atoms with E-state index < -0.39 is 0 Å². The highest BCUT2D eigenvalue weighted by Gasteiger charge is 2.03. The third kappa shape index (κ3) is 3.78. The number of benzene rings is 1. The van der Waals surface area contributed by atoms with Crippen molar-refractivity contribution in [3.8, 4) is 0 Å². The van der Waals surface area contributed by atoms with E-state index in [-0.39, 0.29) is 0 Å². The van der Waals surface area contributed by atoms with Crippen LogP contribution in [0.25, 0.3) is 0 Å². The van der Waals surface area contributed by atoms with E-state index >= 15 is 0 Å². The molecule has 0 heteroatoms. The lowest BCUT2D eigenvalue weighted by Gasteiger charge is -2.11. The standard InChI is InChI=1S/C14H20/c1-4-12(2)10-13(3)11-14-8-6-5-7-9-14/h4-9,13H,10-11H2,1-3H3/b12-4-/t13-/m0/s1. The predicted octanol–water partition coefficient (Wildman–Crippen LogP) is 4.22. The topological polar surface area (TPSA) is 0 Å². The van der Waals surface area contributed by atoms with Gasteiger partial charge in [-0.25, -0.2) is 0 Å². The quantitative estimate of drug-likeness (QED) is 0.620. The van der Waals surface area contributed by atoms with Crippen molar-refractivity contribution in [3.63, 3.8) is 0 Å². The molecule has 0 heterocycles. The normalized spacial score (nSPS) is 14.1. The van der Waals surface area contributed by atoms with Gasteiger partial charge in [0.15, 0.2) is 0 Å². The molecule has 0 nitrogen and oxygen atoms in total. The fourth-order valence-corrected chi connectivity index (χ4v) is 1.76. The van der Waals surface area contributed by atoms with Crippen LogP contribution in [0.15, 0.2) is 42.0 Å². The Morgan fingerprint density at radius 2 is 1.93 bits per heavy atom. The van der Waals surface area contributed by atoms with Crippen molar-refractivity contribution in [1.82, 2.24) is 0 Å². The lowest BCUT2D eigenvalue weighted by molar-refractivity contribution is 0.573. The molecule has 0 aliphatic carbocycles. The fourth-order valence-electron chi connectivity index (χ4n) is 1.76. The maximum Gasteiger partial charge on any atom is -0.0250 e. The van der Waals surface area contributed by atoms with Crippen LogP contribution >= 0.6 is 0 Å². The number of rotatable bonds is 4. The van der Waals surface area contributed by atoms with E-state index in [9.17, 15) is 0 Å². The summed E-state index contributed by atoms with van der Waals surface area (Å²) in [6, 6.07) is 10.7. The molecule has 0 amide bonds. The minimum Gasteiger partial charge on any atom is -0.0887 e. The van der Waals surface area contributed by atoms with Crippen LogP contribution in [0.1, 0.15) is 32.8 Å². The van der Waals surface area contributed by atoms with Gasteiger partial charge >= 0.3 is 0 Å². The summed E-state index contributed by atoms with van der Waals surface area (Å²) in [5, 5.41) is 0. The Hall–Kier alpha value is -1.04. The average molecular weight is 188 g/mol. The first-order valence-corrected chi connectivity index (χ1v) is 5.38. The average Bonchev–Trinajstić information content (AvgIpc) is 2.19. The van der Waals surface area contributed by atoms with Gasteiger partial charge in [-0.1, -0.05) is 48.9 Å². The molecule has 0 aromatic heterocycles. The molecule has 0 N–H and O–H groups in total. The molecule has 1 aromatic carbocycles. The number of hydrogen-bond donors (Lipinski definition) is 0. The summed E-state index contributed by atoms with van der Waals surface area (Å²) in [5.74, 6) is 0.744. The molecule has 0 fully saturated rings. The second-order valence-electron chi connectivity index (χ2n) is 4.13. The summed E-state index contributed by atoms with van der Waals surface area (Å²) in [5.41, 5.74) is 2.94.